The molecule has 1 aromatic heterocycles. The van der Waals surface area contributed by atoms with Crippen LogP contribution in [0, 0.1) is 11.8 Å². The lowest BCUT2D eigenvalue weighted by molar-refractivity contribution is -0.137. The van der Waals surface area contributed by atoms with Crippen LogP contribution in [-0.2, 0) is 10.9 Å². The number of fused-ring (bicyclic) bond motifs is 1. The standard InChI is InChI=1S/C24H20F3NO4/c25-24(26,27)17-9-11-20-16(14-17)15-22(32-20)21-12-10-19(30-21)8-4-5-13-28-23(29)31-18-6-2-1-3-7-18/h1-3,6-7,9,11,14-15,19,21H,5,10,12-13H2,(H,28,29)/t19-,21-/m1/s1. The first-order valence-corrected chi connectivity index (χ1v) is 10.1. The van der Waals surface area contributed by atoms with Crippen LogP contribution in [0.5, 0.6) is 5.75 Å². The molecule has 3 aromatic rings. The molecule has 166 valence electrons. The van der Waals surface area contributed by atoms with Gasteiger partial charge in [-0.25, -0.2) is 4.79 Å². The SMILES string of the molecule is O=C(NCCC#C[C@@H]1CC[C@H](c2cc3cc(C(F)(F)F)ccc3o2)O1)Oc1ccccc1. The summed E-state index contributed by atoms with van der Waals surface area (Å²) < 4.78 is 55.3. The van der Waals surface area contributed by atoms with Crippen molar-refractivity contribution in [2.75, 3.05) is 6.54 Å². The van der Waals surface area contributed by atoms with Crippen molar-refractivity contribution < 1.29 is 31.9 Å². The Morgan fingerprint density at radius 2 is 1.94 bits per heavy atom. The van der Waals surface area contributed by atoms with E-state index in [0.29, 0.717) is 48.3 Å². The van der Waals surface area contributed by atoms with Gasteiger partial charge in [-0.3, -0.25) is 0 Å². The summed E-state index contributed by atoms with van der Waals surface area (Å²) in [6, 6.07) is 13.7. The molecule has 2 heterocycles. The number of para-hydroxylation sites is 1. The Hall–Kier alpha value is -3.44. The lowest BCUT2D eigenvalue weighted by Crippen LogP contribution is -2.27. The normalized spacial score (nSPS) is 18.2. The van der Waals surface area contributed by atoms with Gasteiger partial charge in [0.1, 0.15) is 29.3 Å². The van der Waals surface area contributed by atoms with Crippen LogP contribution in [0.25, 0.3) is 11.0 Å². The number of nitrogens with one attached hydrogen (secondary N) is 1. The quantitative estimate of drug-likeness (QED) is 0.406. The summed E-state index contributed by atoms with van der Waals surface area (Å²) >= 11 is 0. The van der Waals surface area contributed by atoms with E-state index in [-0.39, 0.29) is 12.2 Å². The molecule has 0 bridgehead atoms. The maximum atomic E-state index is 12.9. The number of amides is 1. The summed E-state index contributed by atoms with van der Waals surface area (Å²) in [4.78, 5) is 11.7. The number of alkyl halides is 3. The molecule has 1 aliphatic heterocycles. The maximum absolute atomic E-state index is 12.9. The molecule has 1 amide bonds. The van der Waals surface area contributed by atoms with Gasteiger partial charge in [-0.2, -0.15) is 13.2 Å². The monoisotopic (exact) mass is 443 g/mol. The van der Waals surface area contributed by atoms with Crippen molar-refractivity contribution in [2.45, 2.75) is 37.6 Å². The van der Waals surface area contributed by atoms with Crippen LogP contribution in [0.1, 0.15) is 36.7 Å². The van der Waals surface area contributed by atoms with Crippen molar-refractivity contribution in [3.05, 3.63) is 65.9 Å². The van der Waals surface area contributed by atoms with Crippen molar-refractivity contribution in [1.29, 1.82) is 0 Å². The third-order valence-electron chi connectivity index (χ3n) is 4.94. The number of halogens is 3. The topological polar surface area (TPSA) is 60.7 Å². The molecule has 1 aliphatic rings. The lowest BCUT2D eigenvalue weighted by atomic mass is 10.1. The number of furan rings is 1. The molecular formula is C24H20F3NO4. The Morgan fingerprint density at radius 1 is 1.12 bits per heavy atom. The summed E-state index contributed by atoms with van der Waals surface area (Å²) in [5, 5.41) is 3.01. The zero-order chi connectivity index (χ0) is 22.6. The average Bonchev–Trinajstić information content (AvgIpc) is 3.40. The molecule has 2 atom stereocenters. The van der Waals surface area contributed by atoms with Gasteiger partial charge in [-0.15, -0.1) is 0 Å². The summed E-state index contributed by atoms with van der Waals surface area (Å²) in [6.45, 7) is 0.333. The third kappa shape index (κ3) is 5.42. The molecule has 5 nitrogen and oxygen atoms in total. The predicted molar refractivity (Wildman–Crippen MR) is 111 cm³/mol. The van der Waals surface area contributed by atoms with E-state index < -0.39 is 17.8 Å². The van der Waals surface area contributed by atoms with Crippen molar-refractivity contribution in [3.8, 4) is 17.6 Å². The predicted octanol–water partition coefficient (Wildman–Crippen LogP) is 5.85. The van der Waals surface area contributed by atoms with E-state index in [4.69, 9.17) is 13.9 Å². The molecule has 8 heteroatoms. The van der Waals surface area contributed by atoms with E-state index in [0.717, 1.165) is 12.1 Å². The summed E-state index contributed by atoms with van der Waals surface area (Å²) in [6.07, 6.45) is -3.82. The van der Waals surface area contributed by atoms with E-state index in [2.05, 4.69) is 17.2 Å². The van der Waals surface area contributed by atoms with Gasteiger partial charge in [-0.05, 0) is 49.2 Å². The average molecular weight is 443 g/mol. The fourth-order valence-corrected chi connectivity index (χ4v) is 3.40. The van der Waals surface area contributed by atoms with E-state index >= 15 is 0 Å². The molecule has 32 heavy (non-hydrogen) atoms. The number of rotatable bonds is 4. The Balaban J connectivity index is 1.25. The highest BCUT2D eigenvalue weighted by atomic mass is 19.4. The van der Waals surface area contributed by atoms with E-state index in [1.54, 1.807) is 30.3 Å². The lowest BCUT2D eigenvalue weighted by Gasteiger charge is -2.07. The minimum Gasteiger partial charge on any atom is -0.458 e. The Labute approximate surface area is 182 Å². The van der Waals surface area contributed by atoms with E-state index in [1.807, 2.05) is 6.07 Å². The Bertz CT molecular complexity index is 1140. The van der Waals surface area contributed by atoms with Crippen LogP contribution < -0.4 is 10.1 Å². The molecule has 0 saturated carbocycles. The van der Waals surface area contributed by atoms with E-state index in [1.165, 1.54) is 6.07 Å². The highest BCUT2D eigenvalue weighted by molar-refractivity contribution is 5.79. The van der Waals surface area contributed by atoms with Gasteiger partial charge >= 0.3 is 12.3 Å². The Morgan fingerprint density at radius 3 is 2.72 bits per heavy atom. The van der Waals surface area contributed by atoms with Crippen LogP contribution in [-0.4, -0.2) is 18.7 Å². The second kappa shape index (κ2) is 9.37. The van der Waals surface area contributed by atoms with Gasteiger partial charge in [0.2, 0.25) is 0 Å². The van der Waals surface area contributed by atoms with Gasteiger partial charge in [0.15, 0.2) is 0 Å². The van der Waals surface area contributed by atoms with Crippen LogP contribution in [0.3, 0.4) is 0 Å². The molecular weight excluding hydrogens is 423 g/mol. The van der Waals surface area contributed by atoms with Gasteiger partial charge in [0, 0.05) is 18.4 Å². The molecule has 4 rings (SSSR count). The fourth-order valence-electron chi connectivity index (χ4n) is 3.40. The van der Waals surface area contributed by atoms with Crippen molar-refractivity contribution in [1.82, 2.24) is 5.32 Å². The molecule has 0 unspecified atom stereocenters. The number of hydrogen-bond donors (Lipinski definition) is 1. The largest absolute Gasteiger partial charge is 0.458 e. The summed E-state index contributed by atoms with van der Waals surface area (Å²) in [5.41, 5.74) is -0.325. The summed E-state index contributed by atoms with van der Waals surface area (Å²) in [5.74, 6) is 6.94. The van der Waals surface area contributed by atoms with Crippen molar-refractivity contribution in [3.63, 3.8) is 0 Å². The maximum Gasteiger partial charge on any atom is 0.416 e. The molecule has 0 spiro atoms. The fraction of sp³-hybridized carbons (Fsp3) is 0.292. The van der Waals surface area contributed by atoms with Crippen LogP contribution in [0.15, 0.2) is 59.0 Å². The Kier molecular flexibility index (Phi) is 6.37. The van der Waals surface area contributed by atoms with Crippen LogP contribution >= 0.6 is 0 Å². The van der Waals surface area contributed by atoms with Crippen molar-refractivity contribution >= 4 is 17.1 Å². The minimum absolute atomic E-state index is 0.296. The van der Waals surface area contributed by atoms with Gasteiger partial charge < -0.3 is 19.2 Å². The number of benzene rings is 2. The molecule has 0 radical (unpaired) electrons. The van der Waals surface area contributed by atoms with Gasteiger partial charge in [-0.1, -0.05) is 30.0 Å². The van der Waals surface area contributed by atoms with Crippen LogP contribution in [0.2, 0.25) is 0 Å². The van der Waals surface area contributed by atoms with E-state index in [9.17, 15) is 18.0 Å². The highest BCUT2D eigenvalue weighted by Crippen LogP contribution is 2.37. The van der Waals surface area contributed by atoms with Gasteiger partial charge in [0.05, 0.1) is 5.56 Å². The highest BCUT2D eigenvalue weighted by Gasteiger charge is 2.32. The zero-order valence-corrected chi connectivity index (χ0v) is 16.9. The second-order valence-corrected chi connectivity index (χ2v) is 7.29. The molecule has 1 fully saturated rings. The molecule has 2 aromatic carbocycles. The first-order valence-electron chi connectivity index (χ1n) is 10.1. The molecule has 1 N–H and O–H groups in total. The molecule has 1 saturated heterocycles. The van der Waals surface area contributed by atoms with Gasteiger partial charge in [0.25, 0.3) is 0 Å². The minimum atomic E-state index is -4.40. The number of ether oxygens (including phenoxy) is 2. The number of hydrogen-bond acceptors (Lipinski definition) is 4. The smallest absolute Gasteiger partial charge is 0.416 e. The van der Waals surface area contributed by atoms with Crippen LogP contribution in [0.4, 0.5) is 18.0 Å². The first kappa shape index (κ1) is 21.8. The summed E-state index contributed by atoms with van der Waals surface area (Å²) in [7, 11) is 0. The number of carbonyl (C=O) groups is 1. The zero-order valence-electron chi connectivity index (χ0n) is 16.9. The van der Waals surface area contributed by atoms with Crippen molar-refractivity contribution in [2.24, 2.45) is 0 Å². The molecule has 0 aliphatic carbocycles. The third-order valence-corrected chi connectivity index (χ3v) is 4.94. The number of carbonyl (C=O) groups excluding carboxylic acids is 1. The first-order chi connectivity index (χ1) is 15.4. The second-order valence-electron chi connectivity index (χ2n) is 7.29.